The highest BCUT2D eigenvalue weighted by Crippen LogP contribution is 2.27. The average Bonchev–Trinajstić information content (AvgIpc) is 2.83. The Bertz CT molecular complexity index is 635. The van der Waals surface area contributed by atoms with E-state index in [9.17, 15) is 19.5 Å². The number of anilines is 1. The molecule has 2 fully saturated rings. The summed E-state index contributed by atoms with van der Waals surface area (Å²) in [6, 6.07) is 5.55. The van der Waals surface area contributed by atoms with Crippen LogP contribution in [0.2, 0.25) is 0 Å². The zero-order valence-corrected chi connectivity index (χ0v) is 12.9. The molecular formula is C16H19N3O4. The van der Waals surface area contributed by atoms with Crippen LogP contribution in [0, 0.1) is 0 Å². The summed E-state index contributed by atoms with van der Waals surface area (Å²) in [6.07, 6.45) is 0.153. The van der Waals surface area contributed by atoms with E-state index in [1.165, 1.54) is 24.0 Å². The van der Waals surface area contributed by atoms with Crippen molar-refractivity contribution < 1.29 is 19.5 Å². The molecule has 7 heteroatoms. The molecule has 1 aromatic carbocycles. The van der Waals surface area contributed by atoms with Gasteiger partial charge in [-0.05, 0) is 24.3 Å². The largest absolute Gasteiger partial charge is 0.508 e. The molecule has 2 aliphatic rings. The first-order valence-electron chi connectivity index (χ1n) is 7.63. The predicted molar refractivity (Wildman–Crippen MR) is 82.8 cm³/mol. The van der Waals surface area contributed by atoms with E-state index in [4.69, 9.17) is 0 Å². The molecule has 2 aliphatic heterocycles. The van der Waals surface area contributed by atoms with Crippen molar-refractivity contribution in [2.45, 2.75) is 19.4 Å². The van der Waals surface area contributed by atoms with Gasteiger partial charge in [0.2, 0.25) is 11.8 Å². The number of imide groups is 1. The van der Waals surface area contributed by atoms with Crippen molar-refractivity contribution in [2.75, 3.05) is 31.1 Å². The van der Waals surface area contributed by atoms with Crippen molar-refractivity contribution in [3.63, 3.8) is 0 Å². The van der Waals surface area contributed by atoms with Gasteiger partial charge in [-0.1, -0.05) is 0 Å². The van der Waals surface area contributed by atoms with Crippen LogP contribution in [-0.4, -0.2) is 64.8 Å². The fourth-order valence-corrected chi connectivity index (χ4v) is 3.12. The van der Waals surface area contributed by atoms with Gasteiger partial charge in [0.05, 0.1) is 18.2 Å². The number of carbonyl (C=O) groups excluding carboxylic acids is 3. The molecule has 3 rings (SSSR count). The minimum absolute atomic E-state index is 0.0317. The molecule has 1 unspecified atom stereocenters. The number of nitrogens with zero attached hydrogens (tertiary/aromatic N) is 3. The minimum atomic E-state index is -0.467. The zero-order chi connectivity index (χ0) is 16.6. The van der Waals surface area contributed by atoms with E-state index >= 15 is 0 Å². The van der Waals surface area contributed by atoms with Crippen LogP contribution in [0.1, 0.15) is 13.3 Å². The Morgan fingerprint density at radius 1 is 1.09 bits per heavy atom. The number of benzene rings is 1. The van der Waals surface area contributed by atoms with Crippen LogP contribution in [-0.2, 0) is 14.4 Å². The van der Waals surface area contributed by atoms with Crippen LogP contribution >= 0.6 is 0 Å². The number of rotatable bonds is 2. The van der Waals surface area contributed by atoms with Gasteiger partial charge in [0.25, 0.3) is 5.91 Å². The summed E-state index contributed by atoms with van der Waals surface area (Å²) in [7, 11) is 0. The minimum Gasteiger partial charge on any atom is -0.508 e. The third kappa shape index (κ3) is 2.92. The summed E-state index contributed by atoms with van der Waals surface area (Å²) < 4.78 is 0. The van der Waals surface area contributed by atoms with E-state index in [-0.39, 0.29) is 29.9 Å². The van der Waals surface area contributed by atoms with E-state index in [2.05, 4.69) is 0 Å². The number of phenolic OH excluding ortho intramolecular Hbond substituents is 1. The maximum atomic E-state index is 12.6. The van der Waals surface area contributed by atoms with Gasteiger partial charge in [-0.15, -0.1) is 0 Å². The Balaban J connectivity index is 1.72. The van der Waals surface area contributed by atoms with Gasteiger partial charge in [-0.2, -0.15) is 0 Å². The lowest BCUT2D eigenvalue weighted by molar-refractivity contribution is -0.131. The first kappa shape index (κ1) is 15.5. The molecule has 1 aromatic rings. The van der Waals surface area contributed by atoms with Gasteiger partial charge in [0.1, 0.15) is 5.75 Å². The first-order valence-corrected chi connectivity index (χ1v) is 7.63. The third-order valence-electron chi connectivity index (χ3n) is 4.43. The summed E-state index contributed by atoms with van der Waals surface area (Å²) in [5.74, 6) is -0.356. The fourth-order valence-electron chi connectivity index (χ4n) is 3.12. The molecule has 1 atom stereocenters. The monoisotopic (exact) mass is 317 g/mol. The second-order valence-corrected chi connectivity index (χ2v) is 5.85. The zero-order valence-electron chi connectivity index (χ0n) is 12.9. The standard InChI is InChI=1S/C16H19N3O4/c1-11(20)17-6-8-18(9-7-17)14-10-15(22)19(16(14)23)12-2-4-13(21)5-3-12/h2-5,14,21H,6-10H2,1H3. The molecule has 0 saturated carbocycles. The number of carbonyl (C=O) groups is 3. The van der Waals surface area contributed by atoms with Gasteiger partial charge in [-0.25, -0.2) is 4.90 Å². The van der Waals surface area contributed by atoms with Crippen molar-refractivity contribution in [1.29, 1.82) is 0 Å². The normalized spacial score (nSPS) is 22.7. The Labute approximate surface area is 134 Å². The molecule has 7 nitrogen and oxygen atoms in total. The molecule has 0 radical (unpaired) electrons. The summed E-state index contributed by atoms with van der Waals surface area (Å²) in [5.41, 5.74) is 0.475. The third-order valence-corrected chi connectivity index (χ3v) is 4.43. The topological polar surface area (TPSA) is 81.2 Å². The molecule has 122 valence electrons. The first-order chi connectivity index (χ1) is 11.0. The van der Waals surface area contributed by atoms with E-state index in [0.717, 1.165) is 0 Å². The number of amides is 3. The van der Waals surface area contributed by atoms with Crippen LogP contribution in [0.5, 0.6) is 5.75 Å². The van der Waals surface area contributed by atoms with Crippen LogP contribution < -0.4 is 4.90 Å². The average molecular weight is 317 g/mol. The number of hydrogen-bond acceptors (Lipinski definition) is 5. The molecular weight excluding hydrogens is 298 g/mol. The Morgan fingerprint density at radius 2 is 1.70 bits per heavy atom. The highest BCUT2D eigenvalue weighted by Gasteiger charge is 2.43. The Hall–Kier alpha value is -2.41. The summed E-state index contributed by atoms with van der Waals surface area (Å²) in [6.45, 7) is 3.87. The summed E-state index contributed by atoms with van der Waals surface area (Å²) >= 11 is 0. The van der Waals surface area contributed by atoms with Gasteiger partial charge in [0, 0.05) is 33.1 Å². The maximum absolute atomic E-state index is 12.6. The molecule has 23 heavy (non-hydrogen) atoms. The van der Waals surface area contributed by atoms with E-state index in [1.54, 1.807) is 17.0 Å². The van der Waals surface area contributed by atoms with Crippen LogP contribution in [0.15, 0.2) is 24.3 Å². The predicted octanol–water partition coefficient (Wildman–Crippen LogP) is 0.188. The van der Waals surface area contributed by atoms with Crippen LogP contribution in [0.4, 0.5) is 5.69 Å². The summed E-state index contributed by atoms with van der Waals surface area (Å²) in [5, 5.41) is 9.33. The van der Waals surface area contributed by atoms with Gasteiger partial charge < -0.3 is 10.0 Å². The number of phenols is 1. The Morgan fingerprint density at radius 3 is 2.26 bits per heavy atom. The number of hydrogen-bond donors (Lipinski definition) is 1. The lowest BCUT2D eigenvalue weighted by Gasteiger charge is -2.36. The molecule has 1 N–H and O–H groups in total. The van der Waals surface area contributed by atoms with Crippen molar-refractivity contribution >= 4 is 23.4 Å². The fraction of sp³-hybridized carbons (Fsp3) is 0.438. The molecule has 2 heterocycles. The summed E-state index contributed by atoms with van der Waals surface area (Å²) in [4.78, 5) is 41.1. The highest BCUT2D eigenvalue weighted by atomic mass is 16.3. The van der Waals surface area contributed by atoms with E-state index in [1.807, 2.05) is 4.90 Å². The SMILES string of the molecule is CC(=O)N1CCN(C2CC(=O)N(c3ccc(O)cc3)C2=O)CC1. The molecule has 0 aromatic heterocycles. The van der Waals surface area contributed by atoms with E-state index in [0.29, 0.717) is 31.9 Å². The van der Waals surface area contributed by atoms with Crippen LogP contribution in [0.25, 0.3) is 0 Å². The van der Waals surface area contributed by atoms with Crippen molar-refractivity contribution in [3.05, 3.63) is 24.3 Å². The van der Waals surface area contributed by atoms with Gasteiger partial charge in [-0.3, -0.25) is 19.3 Å². The smallest absolute Gasteiger partial charge is 0.251 e. The lowest BCUT2D eigenvalue weighted by atomic mass is 10.1. The van der Waals surface area contributed by atoms with Crippen LogP contribution in [0.3, 0.4) is 0 Å². The van der Waals surface area contributed by atoms with Crippen molar-refractivity contribution in [1.82, 2.24) is 9.80 Å². The highest BCUT2D eigenvalue weighted by molar-refractivity contribution is 6.22. The quantitative estimate of drug-likeness (QED) is 0.788. The molecule has 0 aliphatic carbocycles. The second kappa shape index (κ2) is 6.00. The number of piperazine rings is 1. The van der Waals surface area contributed by atoms with E-state index < -0.39 is 6.04 Å². The Kier molecular flexibility index (Phi) is 4.04. The molecule has 0 bridgehead atoms. The van der Waals surface area contributed by atoms with Crippen molar-refractivity contribution in [2.24, 2.45) is 0 Å². The molecule has 3 amide bonds. The number of aromatic hydroxyl groups is 1. The molecule has 0 spiro atoms. The lowest BCUT2D eigenvalue weighted by Crippen LogP contribution is -2.53. The van der Waals surface area contributed by atoms with Gasteiger partial charge in [0.15, 0.2) is 0 Å². The van der Waals surface area contributed by atoms with Crippen molar-refractivity contribution in [3.8, 4) is 5.75 Å². The maximum Gasteiger partial charge on any atom is 0.251 e. The van der Waals surface area contributed by atoms with Gasteiger partial charge >= 0.3 is 0 Å². The second-order valence-electron chi connectivity index (χ2n) is 5.85. The molecule has 2 saturated heterocycles.